The summed E-state index contributed by atoms with van der Waals surface area (Å²) in [4.78, 5) is 0. The highest BCUT2D eigenvalue weighted by molar-refractivity contribution is 8.00. The summed E-state index contributed by atoms with van der Waals surface area (Å²) >= 11 is 0.0773. The van der Waals surface area contributed by atoms with E-state index < -0.39 is 11.3 Å². The van der Waals surface area contributed by atoms with Crippen molar-refractivity contribution in [1.29, 1.82) is 0 Å². The van der Waals surface area contributed by atoms with Gasteiger partial charge in [-0.05, 0) is 6.92 Å². The van der Waals surface area contributed by atoms with Crippen molar-refractivity contribution >= 4 is 23.0 Å². The van der Waals surface area contributed by atoms with Gasteiger partial charge in [0.05, 0.1) is 0 Å². The fraction of sp³-hybridized carbons (Fsp3) is 1.00. The van der Waals surface area contributed by atoms with Crippen LogP contribution in [0.3, 0.4) is 0 Å². The third-order valence-electron chi connectivity index (χ3n) is 2.03. The van der Waals surface area contributed by atoms with E-state index in [1.54, 1.807) is 4.31 Å². The molecule has 0 aromatic rings. The van der Waals surface area contributed by atoms with Crippen LogP contribution in [0.2, 0.25) is 0 Å². The van der Waals surface area contributed by atoms with Gasteiger partial charge in [-0.15, -0.1) is 0 Å². The van der Waals surface area contributed by atoms with Gasteiger partial charge in [0.1, 0.15) is 0 Å². The summed E-state index contributed by atoms with van der Waals surface area (Å²) in [6, 6.07) is 0.208. The molecular formula is C6H13NO2S2. The molecule has 1 saturated heterocycles. The van der Waals surface area contributed by atoms with Crippen molar-refractivity contribution in [2.75, 3.05) is 12.3 Å². The Labute approximate surface area is 74.0 Å². The Balaban J connectivity index is 2.58. The molecule has 0 aromatic carbocycles. The molecule has 1 N–H and O–H groups in total. The van der Waals surface area contributed by atoms with Crippen LogP contribution < -0.4 is 0 Å². The Morgan fingerprint density at radius 1 is 1.64 bits per heavy atom. The van der Waals surface area contributed by atoms with E-state index in [0.29, 0.717) is 5.25 Å². The largest absolute Gasteiger partial charge is 0.294 e. The molecule has 5 heteroatoms. The van der Waals surface area contributed by atoms with Gasteiger partial charge in [0.25, 0.3) is 0 Å². The van der Waals surface area contributed by atoms with Crippen LogP contribution in [0.4, 0.5) is 0 Å². The van der Waals surface area contributed by atoms with E-state index in [-0.39, 0.29) is 6.04 Å². The van der Waals surface area contributed by atoms with Crippen LogP contribution in [0.5, 0.6) is 0 Å². The summed E-state index contributed by atoms with van der Waals surface area (Å²) in [6.45, 7) is 4.80. The summed E-state index contributed by atoms with van der Waals surface area (Å²) in [5, 5.41) is 0.458. The molecule has 0 spiro atoms. The van der Waals surface area contributed by atoms with E-state index >= 15 is 0 Å². The number of hydrogen-bond donors (Lipinski definition) is 1. The van der Waals surface area contributed by atoms with E-state index in [1.165, 1.54) is 0 Å². The van der Waals surface area contributed by atoms with Crippen LogP contribution in [0.1, 0.15) is 13.8 Å². The minimum Gasteiger partial charge on any atom is -0.294 e. The zero-order valence-electron chi connectivity index (χ0n) is 6.69. The van der Waals surface area contributed by atoms with Gasteiger partial charge in [-0.25, -0.2) is 4.21 Å². The van der Waals surface area contributed by atoms with Crippen molar-refractivity contribution in [3.63, 3.8) is 0 Å². The van der Waals surface area contributed by atoms with Gasteiger partial charge in [-0.2, -0.15) is 16.1 Å². The third kappa shape index (κ3) is 2.18. The van der Waals surface area contributed by atoms with Gasteiger partial charge in [0.15, 0.2) is 0 Å². The van der Waals surface area contributed by atoms with Gasteiger partial charge in [-0.3, -0.25) is 4.55 Å². The van der Waals surface area contributed by atoms with E-state index in [9.17, 15) is 4.21 Å². The molecule has 0 aliphatic carbocycles. The maximum atomic E-state index is 10.7. The standard InChI is InChI=1S/C6H13NO2S2/c1-5-6(2)10-4-3-7(5)11(8)9/h5-6H,3-4H2,1-2H3,(H,8,9). The Kier molecular flexibility index (Phi) is 3.36. The first-order chi connectivity index (χ1) is 5.13. The second kappa shape index (κ2) is 3.89. The summed E-state index contributed by atoms with van der Waals surface area (Å²) in [7, 11) is 0. The first kappa shape index (κ1) is 9.51. The monoisotopic (exact) mass is 195 g/mol. The van der Waals surface area contributed by atoms with E-state index in [4.69, 9.17) is 4.55 Å². The van der Waals surface area contributed by atoms with Crippen molar-refractivity contribution in [2.45, 2.75) is 25.1 Å². The average molecular weight is 195 g/mol. The Hall–Kier alpha value is 0.420. The van der Waals surface area contributed by atoms with Crippen LogP contribution in [-0.4, -0.2) is 36.7 Å². The first-order valence-corrected chi connectivity index (χ1v) is 5.73. The lowest BCUT2D eigenvalue weighted by Crippen LogP contribution is -2.45. The van der Waals surface area contributed by atoms with Crippen molar-refractivity contribution in [3.05, 3.63) is 0 Å². The zero-order chi connectivity index (χ0) is 8.43. The molecule has 1 rings (SSSR count). The second-order valence-corrected chi connectivity index (χ2v) is 5.10. The summed E-state index contributed by atoms with van der Waals surface area (Å²) in [5.41, 5.74) is 0. The molecule has 3 nitrogen and oxygen atoms in total. The molecule has 0 aromatic heterocycles. The van der Waals surface area contributed by atoms with Crippen LogP contribution >= 0.6 is 11.8 Å². The van der Waals surface area contributed by atoms with Gasteiger partial charge in [-0.1, -0.05) is 6.92 Å². The van der Waals surface area contributed by atoms with Gasteiger partial charge in [0.2, 0.25) is 11.3 Å². The highest BCUT2D eigenvalue weighted by Gasteiger charge is 2.28. The normalized spacial score (nSPS) is 37.0. The van der Waals surface area contributed by atoms with E-state index in [1.807, 2.05) is 18.7 Å². The van der Waals surface area contributed by atoms with Crippen molar-refractivity contribution in [3.8, 4) is 0 Å². The molecule has 3 atom stereocenters. The van der Waals surface area contributed by atoms with Crippen LogP contribution in [-0.2, 0) is 11.3 Å². The number of nitrogens with zero attached hydrogens (tertiary/aromatic N) is 1. The second-order valence-electron chi connectivity index (χ2n) is 2.69. The predicted molar refractivity (Wildman–Crippen MR) is 48.9 cm³/mol. The maximum absolute atomic E-state index is 10.7. The molecule has 0 saturated carbocycles. The summed E-state index contributed by atoms with van der Waals surface area (Å²) in [5.74, 6) is 0.956. The van der Waals surface area contributed by atoms with Crippen LogP contribution in [0, 0.1) is 0 Å². The fourth-order valence-electron chi connectivity index (χ4n) is 1.13. The van der Waals surface area contributed by atoms with Crippen molar-refractivity contribution < 1.29 is 8.76 Å². The number of thioether (sulfide) groups is 1. The SMILES string of the molecule is CC1SCCN(S(=O)O)C1C. The molecule has 1 heterocycles. The molecule has 0 bridgehead atoms. The lowest BCUT2D eigenvalue weighted by molar-refractivity contribution is 0.331. The molecule has 1 aliphatic heterocycles. The Morgan fingerprint density at radius 3 is 2.73 bits per heavy atom. The Bertz CT molecular complexity index is 165. The lowest BCUT2D eigenvalue weighted by atomic mass is 10.2. The maximum Gasteiger partial charge on any atom is 0.234 e. The number of rotatable bonds is 1. The topological polar surface area (TPSA) is 40.5 Å². The van der Waals surface area contributed by atoms with E-state index in [2.05, 4.69) is 6.92 Å². The third-order valence-corrected chi connectivity index (χ3v) is 4.28. The van der Waals surface area contributed by atoms with Crippen molar-refractivity contribution in [2.24, 2.45) is 0 Å². The molecule has 0 amide bonds. The summed E-state index contributed by atoms with van der Waals surface area (Å²) < 4.78 is 21.2. The van der Waals surface area contributed by atoms with Crippen molar-refractivity contribution in [1.82, 2.24) is 4.31 Å². The Morgan fingerprint density at radius 2 is 2.27 bits per heavy atom. The minimum absolute atomic E-state index is 0.208. The molecule has 0 radical (unpaired) electrons. The fourth-order valence-corrected chi connectivity index (χ4v) is 3.13. The van der Waals surface area contributed by atoms with Crippen LogP contribution in [0.15, 0.2) is 0 Å². The molecule has 1 fully saturated rings. The first-order valence-electron chi connectivity index (χ1n) is 3.62. The number of hydrogen-bond acceptors (Lipinski definition) is 2. The highest BCUT2D eigenvalue weighted by atomic mass is 32.2. The van der Waals surface area contributed by atoms with Gasteiger partial charge < -0.3 is 0 Å². The lowest BCUT2D eigenvalue weighted by Gasteiger charge is -2.33. The summed E-state index contributed by atoms with van der Waals surface area (Å²) in [6.07, 6.45) is 0. The van der Waals surface area contributed by atoms with Gasteiger partial charge in [0, 0.05) is 23.6 Å². The highest BCUT2D eigenvalue weighted by Crippen LogP contribution is 2.24. The molecule has 66 valence electrons. The minimum atomic E-state index is -1.78. The average Bonchev–Trinajstić information content (AvgIpc) is 1.94. The molecular weight excluding hydrogens is 182 g/mol. The molecule has 3 unspecified atom stereocenters. The van der Waals surface area contributed by atoms with E-state index in [0.717, 1.165) is 12.3 Å². The zero-order valence-corrected chi connectivity index (χ0v) is 8.32. The molecule has 1 aliphatic rings. The predicted octanol–water partition coefficient (Wildman–Crippen LogP) is 0.949. The smallest absolute Gasteiger partial charge is 0.234 e. The quantitative estimate of drug-likeness (QED) is 0.633. The molecule has 11 heavy (non-hydrogen) atoms. The van der Waals surface area contributed by atoms with Gasteiger partial charge >= 0.3 is 0 Å². The van der Waals surface area contributed by atoms with Crippen LogP contribution in [0.25, 0.3) is 0 Å².